The molecule has 0 spiro atoms. The van der Waals surface area contributed by atoms with E-state index in [4.69, 9.17) is 20.8 Å². The van der Waals surface area contributed by atoms with Crippen LogP contribution < -0.4 is 10.5 Å². The van der Waals surface area contributed by atoms with Gasteiger partial charge in [-0.05, 0) is 12.1 Å². The molecule has 100 valence electrons. The highest BCUT2D eigenvalue weighted by molar-refractivity contribution is 5.93. The number of hydrogen-bond acceptors (Lipinski definition) is 5. The number of benzene rings is 1. The summed E-state index contributed by atoms with van der Waals surface area (Å²) >= 11 is 0. The second-order valence-electron chi connectivity index (χ2n) is 3.74. The minimum Gasteiger partial charge on any atom is -0.478 e. The molecule has 0 aliphatic rings. The second-order valence-corrected chi connectivity index (χ2v) is 3.74. The molecule has 0 aliphatic carbocycles. The minimum absolute atomic E-state index is 0.0235. The predicted molar refractivity (Wildman–Crippen MR) is 66.8 cm³/mol. The van der Waals surface area contributed by atoms with Gasteiger partial charge in [-0.3, -0.25) is 0 Å². The van der Waals surface area contributed by atoms with Gasteiger partial charge in [-0.15, -0.1) is 0 Å². The van der Waals surface area contributed by atoms with E-state index in [1.807, 2.05) is 0 Å². The van der Waals surface area contributed by atoms with Crippen molar-refractivity contribution >= 4 is 11.7 Å². The molecule has 2 aromatic rings. The molecule has 1 aromatic heterocycles. The zero-order valence-corrected chi connectivity index (χ0v) is 10.0. The first-order valence-corrected chi connectivity index (χ1v) is 5.38. The lowest BCUT2D eigenvalue weighted by Crippen LogP contribution is -2.04. The van der Waals surface area contributed by atoms with Gasteiger partial charge >= 0.3 is 5.97 Å². The highest BCUT2D eigenvalue weighted by atomic mass is 19.1. The van der Waals surface area contributed by atoms with Crippen LogP contribution in [0.5, 0.6) is 11.6 Å². The summed E-state index contributed by atoms with van der Waals surface area (Å²) in [5.41, 5.74) is 4.95. The van der Waals surface area contributed by atoms with Crippen LogP contribution in [0.2, 0.25) is 0 Å². The van der Waals surface area contributed by atoms with Crippen molar-refractivity contribution in [3.8, 4) is 17.7 Å². The molecule has 3 N–H and O–H groups in total. The molecule has 1 heterocycles. The molecular weight excluding hydrogens is 265 g/mol. The summed E-state index contributed by atoms with van der Waals surface area (Å²) in [4.78, 5) is 14.7. The number of nitrogens with zero attached hydrogens (tertiary/aromatic N) is 2. The maximum absolute atomic E-state index is 13.4. The van der Waals surface area contributed by atoms with Crippen LogP contribution in [0.25, 0.3) is 0 Å². The van der Waals surface area contributed by atoms with E-state index in [2.05, 4.69) is 4.98 Å². The van der Waals surface area contributed by atoms with Gasteiger partial charge in [0.15, 0.2) is 0 Å². The Morgan fingerprint density at radius 2 is 2.25 bits per heavy atom. The zero-order chi connectivity index (χ0) is 14.7. The van der Waals surface area contributed by atoms with Crippen molar-refractivity contribution in [1.29, 1.82) is 5.26 Å². The maximum atomic E-state index is 13.4. The second kappa shape index (κ2) is 5.24. The third-order valence-electron chi connectivity index (χ3n) is 2.44. The standard InChI is InChI=1S/C13H8FN3O3/c14-9-2-1-3-11(8(9)5-15)20-12-4-7(13(18)19)10(16)6-17-12/h1-4,6H,16H2,(H,18,19). The van der Waals surface area contributed by atoms with E-state index in [9.17, 15) is 9.18 Å². The Hall–Kier alpha value is -3.14. The molecule has 7 heteroatoms. The van der Waals surface area contributed by atoms with Crippen molar-refractivity contribution in [3.05, 3.63) is 47.4 Å². The Balaban J connectivity index is 2.41. The summed E-state index contributed by atoms with van der Waals surface area (Å²) in [6.45, 7) is 0. The molecule has 0 bridgehead atoms. The Kier molecular flexibility index (Phi) is 3.48. The predicted octanol–water partition coefficient (Wildman–Crippen LogP) is 2.17. The molecule has 6 nitrogen and oxygen atoms in total. The topological polar surface area (TPSA) is 109 Å². The van der Waals surface area contributed by atoms with Gasteiger partial charge in [0, 0.05) is 6.07 Å². The third-order valence-corrected chi connectivity index (χ3v) is 2.44. The minimum atomic E-state index is -1.24. The van der Waals surface area contributed by atoms with E-state index in [1.165, 1.54) is 12.1 Å². The number of aromatic nitrogens is 1. The zero-order valence-electron chi connectivity index (χ0n) is 10.0. The number of nitrogen functional groups attached to an aromatic ring is 1. The van der Waals surface area contributed by atoms with Crippen molar-refractivity contribution < 1.29 is 19.0 Å². The van der Waals surface area contributed by atoms with Crippen molar-refractivity contribution in [3.63, 3.8) is 0 Å². The Morgan fingerprint density at radius 3 is 2.90 bits per heavy atom. The van der Waals surface area contributed by atoms with Crippen molar-refractivity contribution in [2.45, 2.75) is 0 Å². The van der Waals surface area contributed by atoms with E-state index >= 15 is 0 Å². The SMILES string of the molecule is N#Cc1c(F)cccc1Oc1cc(C(=O)O)c(N)cn1. The van der Waals surface area contributed by atoms with E-state index in [-0.39, 0.29) is 28.4 Å². The van der Waals surface area contributed by atoms with Crippen LogP contribution in [-0.4, -0.2) is 16.1 Å². The molecule has 0 aliphatic heterocycles. The summed E-state index contributed by atoms with van der Waals surface area (Å²) in [6.07, 6.45) is 1.12. The van der Waals surface area contributed by atoms with Crippen LogP contribution in [-0.2, 0) is 0 Å². The van der Waals surface area contributed by atoms with Gasteiger partial charge < -0.3 is 15.6 Å². The Labute approximate surface area is 112 Å². The monoisotopic (exact) mass is 273 g/mol. The lowest BCUT2D eigenvalue weighted by molar-refractivity contribution is 0.0697. The van der Waals surface area contributed by atoms with Gasteiger partial charge in [0.05, 0.1) is 17.4 Å². The molecule has 0 fully saturated rings. The summed E-state index contributed by atoms with van der Waals surface area (Å²) in [5, 5.41) is 17.8. The van der Waals surface area contributed by atoms with Gasteiger partial charge in [0.2, 0.25) is 5.88 Å². The van der Waals surface area contributed by atoms with Crippen LogP contribution in [0.3, 0.4) is 0 Å². The highest BCUT2D eigenvalue weighted by Crippen LogP contribution is 2.27. The number of anilines is 1. The summed E-state index contributed by atoms with van der Waals surface area (Å²) in [7, 11) is 0. The molecule has 0 saturated heterocycles. The normalized spacial score (nSPS) is 9.80. The van der Waals surface area contributed by atoms with E-state index in [0.717, 1.165) is 18.3 Å². The van der Waals surface area contributed by atoms with Gasteiger partial charge in [-0.25, -0.2) is 14.2 Å². The summed E-state index contributed by atoms with van der Waals surface area (Å²) in [6, 6.07) is 6.62. The maximum Gasteiger partial charge on any atom is 0.338 e. The van der Waals surface area contributed by atoms with E-state index < -0.39 is 11.8 Å². The largest absolute Gasteiger partial charge is 0.478 e. The van der Waals surface area contributed by atoms with Gasteiger partial charge in [0.25, 0.3) is 0 Å². The smallest absolute Gasteiger partial charge is 0.338 e. The molecule has 0 saturated carbocycles. The first-order chi connectivity index (χ1) is 9.52. The van der Waals surface area contributed by atoms with E-state index in [1.54, 1.807) is 6.07 Å². The number of ether oxygens (including phenoxy) is 1. The fourth-order valence-electron chi connectivity index (χ4n) is 1.50. The highest BCUT2D eigenvalue weighted by Gasteiger charge is 2.14. The number of nitrogens with two attached hydrogens (primary N) is 1. The molecule has 1 aromatic carbocycles. The number of aromatic carboxylic acids is 1. The Morgan fingerprint density at radius 1 is 1.50 bits per heavy atom. The number of carbonyl (C=O) groups is 1. The number of hydrogen-bond donors (Lipinski definition) is 2. The molecule has 0 atom stereocenters. The molecule has 0 radical (unpaired) electrons. The molecule has 20 heavy (non-hydrogen) atoms. The average molecular weight is 273 g/mol. The van der Waals surface area contributed by atoms with Crippen LogP contribution in [0.15, 0.2) is 30.5 Å². The van der Waals surface area contributed by atoms with Crippen LogP contribution in [0, 0.1) is 17.1 Å². The fraction of sp³-hybridized carbons (Fsp3) is 0. The molecule has 0 unspecified atom stereocenters. The quantitative estimate of drug-likeness (QED) is 0.886. The number of nitriles is 1. The number of carboxylic acids is 1. The fourth-order valence-corrected chi connectivity index (χ4v) is 1.50. The molecule has 2 rings (SSSR count). The summed E-state index contributed by atoms with van der Waals surface area (Å²) in [5.74, 6) is -2.13. The molecule has 0 amide bonds. The van der Waals surface area contributed by atoms with Gasteiger partial charge in [-0.1, -0.05) is 6.07 Å². The Bertz CT molecular complexity index is 725. The first kappa shape index (κ1) is 13.3. The van der Waals surface area contributed by atoms with Crippen LogP contribution >= 0.6 is 0 Å². The number of carboxylic acid groups (broad SMARTS) is 1. The van der Waals surface area contributed by atoms with Crippen LogP contribution in [0.4, 0.5) is 10.1 Å². The third kappa shape index (κ3) is 2.49. The van der Waals surface area contributed by atoms with Crippen molar-refractivity contribution in [1.82, 2.24) is 4.98 Å². The number of halogens is 1. The van der Waals surface area contributed by atoms with E-state index in [0.29, 0.717) is 0 Å². The summed E-state index contributed by atoms with van der Waals surface area (Å²) < 4.78 is 18.6. The van der Waals surface area contributed by atoms with Crippen molar-refractivity contribution in [2.24, 2.45) is 0 Å². The number of rotatable bonds is 3. The number of pyridine rings is 1. The van der Waals surface area contributed by atoms with Gasteiger partial charge in [-0.2, -0.15) is 5.26 Å². The lowest BCUT2D eigenvalue weighted by atomic mass is 10.2. The van der Waals surface area contributed by atoms with Crippen LogP contribution in [0.1, 0.15) is 15.9 Å². The average Bonchev–Trinajstić information content (AvgIpc) is 2.41. The van der Waals surface area contributed by atoms with Gasteiger partial charge in [0.1, 0.15) is 23.2 Å². The lowest BCUT2D eigenvalue weighted by Gasteiger charge is -2.08. The van der Waals surface area contributed by atoms with Crippen molar-refractivity contribution in [2.75, 3.05) is 5.73 Å². The first-order valence-electron chi connectivity index (χ1n) is 5.38. The molecular formula is C13H8FN3O3.